The van der Waals surface area contributed by atoms with Gasteiger partial charge in [0.05, 0.1) is 12.7 Å². The number of aromatic nitrogens is 1. The van der Waals surface area contributed by atoms with Crippen LogP contribution in [0.25, 0.3) is 6.08 Å². The van der Waals surface area contributed by atoms with Crippen LogP contribution in [0, 0.1) is 0 Å². The van der Waals surface area contributed by atoms with E-state index in [1.807, 2.05) is 0 Å². The molecule has 1 rings (SSSR count). The Kier molecular flexibility index (Phi) is 4.20. The SMILES string of the molecule is COC(=O)c1cnc(N)c(C=CCC=O)c1. The van der Waals surface area contributed by atoms with Crippen LogP contribution in [-0.2, 0) is 9.53 Å². The predicted molar refractivity (Wildman–Crippen MR) is 59.7 cm³/mol. The van der Waals surface area contributed by atoms with Gasteiger partial charge in [0.1, 0.15) is 12.1 Å². The number of hydrogen-bond acceptors (Lipinski definition) is 5. The average molecular weight is 220 g/mol. The van der Waals surface area contributed by atoms with Gasteiger partial charge in [-0.2, -0.15) is 0 Å². The van der Waals surface area contributed by atoms with E-state index in [2.05, 4.69) is 9.72 Å². The molecular weight excluding hydrogens is 208 g/mol. The molecule has 0 spiro atoms. The number of methoxy groups -OCH3 is 1. The maximum Gasteiger partial charge on any atom is 0.339 e. The summed E-state index contributed by atoms with van der Waals surface area (Å²) in [7, 11) is 1.29. The highest BCUT2D eigenvalue weighted by molar-refractivity contribution is 5.90. The second kappa shape index (κ2) is 5.65. The number of carbonyl (C=O) groups excluding carboxylic acids is 2. The lowest BCUT2D eigenvalue weighted by Gasteiger charge is -2.02. The molecule has 0 aromatic carbocycles. The van der Waals surface area contributed by atoms with Crippen molar-refractivity contribution in [2.45, 2.75) is 6.42 Å². The minimum absolute atomic E-state index is 0.294. The first-order valence-electron chi connectivity index (χ1n) is 4.63. The van der Waals surface area contributed by atoms with Gasteiger partial charge in [-0.1, -0.05) is 12.2 Å². The van der Waals surface area contributed by atoms with E-state index in [0.717, 1.165) is 6.29 Å². The van der Waals surface area contributed by atoms with Crippen molar-refractivity contribution in [1.29, 1.82) is 0 Å². The molecular formula is C11H12N2O3. The van der Waals surface area contributed by atoms with Crippen LogP contribution in [0.1, 0.15) is 22.3 Å². The monoisotopic (exact) mass is 220 g/mol. The van der Waals surface area contributed by atoms with Gasteiger partial charge in [-0.25, -0.2) is 9.78 Å². The van der Waals surface area contributed by atoms with Gasteiger partial charge < -0.3 is 15.3 Å². The minimum Gasteiger partial charge on any atom is -0.465 e. The quantitative estimate of drug-likeness (QED) is 0.605. The van der Waals surface area contributed by atoms with Gasteiger partial charge in [-0.3, -0.25) is 0 Å². The highest BCUT2D eigenvalue weighted by atomic mass is 16.5. The molecule has 0 amide bonds. The summed E-state index contributed by atoms with van der Waals surface area (Å²) in [6.45, 7) is 0. The molecule has 1 aromatic rings. The summed E-state index contributed by atoms with van der Waals surface area (Å²) in [5.41, 5.74) is 6.52. The van der Waals surface area contributed by atoms with Crippen LogP contribution >= 0.6 is 0 Å². The first-order chi connectivity index (χ1) is 7.69. The Balaban J connectivity index is 2.99. The topological polar surface area (TPSA) is 82.3 Å². The summed E-state index contributed by atoms with van der Waals surface area (Å²) in [4.78, 5) is 25.2. The largest absolute Gasteiger partial charge is 0.465 e. The van der Waals surface area contributed by atoms with E-state index in [-0.39, 0.29) is 0 Å². The van der Waals surface area contributed by atoms with Crippen molar-refractivity contribution >= 4 is 24.1 Å². The smallest absolute Gasteiger partial charge is 0.339 e. The fraction of sp³-hybridized carbons (Fsp3) is 0.182. The third-order valence-electron chi connectivity index (χ3n) is 1.90. The molecule has 0 radical (unpaired) electrons. The van der Waals surface area contributed by atoms with Crippen LogP contribution in [0.4, 0.5) is 5.82 Å². The Hall–Kier alpha value is -2.17. The maximum atomic E-state index is 11.2. The molecule has 0 saturated heterocycles. The number of rotatable bonds is 4. The highest BCUT2D eigenvalue weighted by Crippen LogP contribution is 2.13. The first kappa shape index (κ1) is 11.9. The molecule has 5 heteroatoms. The van der Waals surface area contributed by atoms with E-state index in [1.165, 1.54) is 13.3 Å². The van der Waals surface area contributed by atoms with E-state index in [1.54, 1.807) is 18.2 Å². The summed E-state index contributed by atoms with van der Waals surface area (Å²) >= 11 is 0. The summed E-state index contributed by atoms with van der Waals surface area (Å²) in [6, 6.07) is 1.56. The number of ether oxygens (including phenoxy) is 1. The van der Waals surface area contributed by atoms with Gasteiger partial charge in [-0.05, 0) is 6.07 Å². The molecule has 5 nitrogen and oxygen atoms in total. The third kappa shape index (κ3) is 2.91. The zero-order valence-corrected chi connectivity index (χ0v) is 8.84. The lowest BCUT2D eigenvalue weighted by Crippen LogP contribution is -2.04. The number of pyridine rings is 1. The third-order valence-corrected chi connectivity index (χ3v) is 1.90. The number of nitrogen functional groups attached to an aromatic ring is 1. The van der Waals surface area contributed by atoms with Crippen LogP contribution in [0.3, 0.4) is 0 Å². The summed E-state index contributed by atoms with van der Waals surface area (Å²) in [5.74, 6) is -0.174. The van der Waals surface area contributed by atoms with Crippen molar-refractivity contribution in [3.63, 3.8) is 0 Å². The molecule has 0 fully saturated rings. The summed E-state index contributed by atoms with van der Waals surface area (Å²) in [5, 5.41) is 0. The van der Waals surface area contributed by atoms with Crippen molar-refractivity contribution in [3.05, 3.63) is 29.5 Å². The summed E-state index contributed by atoms with van der Waals surface area (Å²) in [6.07, 6.45) is 5.69. The lowest BCUT2D eigenvalue weighted by atomic mass is 10.1. The summed E-state index contributed by atoms with van der Waals surface area (Å²) < 4.78 is 4.56. The second-order valence-electron chi connectivity index (χ2n) is 2.99. The van der Waals surface area contributed by atoms with E-state index < -0.39 is 5.97 Å². The van der Waals surface area contributed by atoms with Crippen LogP contribution in [-0.4, -0.2) is 24.3 Å². The molecule has 1 heterocycles. The molecule has 0 saturated carbocycles. The lowest BCUT2D eigenvalue weighted by molar-refractivity contribution is -0.107. The Labute approximate surface area is 92.9 Å². The first-order valence-corrected chi connectivity index (χ1v) is 4.63. The van der Waals surface area contributed by atoms with E-state index in [0.29, 0.717) is 23.4 Å². The van der Waals surface area contributed by atoms with Crippen molar-refractivity contribution in [3.8, 4) is 0 Å². The molecule has 0 aliphatic carbocycles. The van der Waals surface area contributed by atoms with Gasteiger partial charge in [0, 0.05) is 18.2 Å². The van der Waals surface area contributed by atoms with Gasteiger partial charge in [-0.15, -0.1) is 0 Å². The van der Waals surface area contributed by atoms with Crippen molar-refractivity contribution < 1.29 is 14.3 Å². The standard InChI is InChI=1S/C11H12N2O3/c1-16-11(15)9-6-8(4-2-3-5-14)10(12)13-7-9/h2,4-7H,3H2,1H3,(H2,12,13). The molecule has 0 aliphatic rings. The number of nitrogens with zero attached hydrogens (tertiary/aromatic N) is 1. The van der Waals surface area contributed by atoms with E-state index in [4.69, 9.17) is 5.73 Å². The van der Waals surface area contributed by atoms with Crippen molar-refractivity contribution in [2.75, 3.05) is 12.8 Å². The van der Waals surface area contributed by atoms with Gasteiger partial charge in [0.25, 0.3) is 0 Å². The fourth-order valence-electron chi connectivity index (χ4n) is 1.11. The van der Waals surface area contributed by atoms with Crippen LogP contribution in [0.15, 0.2) is 18.3 Å². The second-order valence-corrected chi connectivity index (χ2v) is 2.99. The number of carbonyl (C=O) groups is 2. The number of aldehydes is 1. The normalized spacial score (nSPS) is 10.3. The molecule has 0 atom stereocenters. The van der Waals surface area contributed by atoms with Gasteiger partial charge in [0.15, 0.2) is 0 Å². The molecule has 0 unspecified atom stereocenters. The molecule has 84 valence electrons. The number of allylic oxidation sites excluding steroid dienone is 1. The highest BCUT2D eigenvalue weighted by Gasteiger charge is 2.07. The minimum atomic E-state index is -0.475. The molecule has 1 aromatic heterocycles. The Bertz CT molecular complexity index is 427. The molecule has 2 N–H and O–H groups in total. The number of hydrogen-bond donors (Lipinski definition) is 1. The number of nitrogens with two attached hydrogens (primary N) is 1. The maximum absolute atomic E-state index is 11.2. The number of anilines is 1. The Morgan fingerprint density at radius 1 is 1.62 bits per heavy atom. The zero-order valence-electron chi connectivity index (χ0n) is 8.84. The number of esters is 1. The zero-order chi connectivity index (χ0) is 12.0. The molecule has 16 heavy (non-hydrogen) atoms. The van der Waals surface area contributed by atoms with Crippen molar-refractivity contribution in [2.24, 2.45) is 0 Å². The van der Waals surface area contributed by atoms with E-state index >= 15 is 0 Å². The van der Waals surface area contributed by atoms with Crippen molar-refractivity contribution in [1.82, 2.24) is 4.98 Å². The Morgan fingerprint density at radius 3 is 3.00 bits per heavy atom. The van der Waals surface area contributed by atoms with Gasteiger partial charge in [0.2, 0.25) is 0 Å². The fourth-order valence-corrected chi connectivity index (χ4v) is 1.11. The molecule has 0 bridgehead atoms. The van der Waals surface area contributed by atoms with Gasteiger partial charge >= 0.3 is 5.97 Å². The molecule has 0 aliphatic heterocycles. The Morgan fingerprint density at radius 2 is 2.38 bits per heavy atom. The van der Waals surface area contributed by atoms with Crippen LogP contribution in [0.5, 0.6) is 0 Å². The van der Waals surface area contributed by atoms with E-state index in [9.17, 15) is 9.59 Å². The predicted octanol–water partition coefficient (Wildman–Crippen LogP) is 1.05. The van der Waals surface area contributed by atoms with Crippen LogP contribution < -0.4 is 5.73 Å². The van der Waals surface area contributed by atoms with Crippen LogP contribution in [0.2, 0.25) is 0 Å². The average Bonchev–Trinajstić information content (AvgIpc) is 2.31.